The van der Waals surface area contributed by atoms with Gasteiger partial charge in [-0.15, -0.1) is 0 Å². The number of benzene rings is 1. The van der Waals surface area contributed by atoms with E-state index in [9.17, 15) is 5.26 Å². The van der Waals surface area contributed by atoms with Gasteiger partial charge in [0.15, 0.2) is 6.04 Å². The van der Waals surface area contributed by atoms with Crippen molar-refractivity contribution in [3.05, 3.63) is 47.0 Å². The van der Waals surface area contributed by atoms with Gasteiger partial charge in [-0.05, 0) is 41.9 Å². The molecule has 0 aliphatic heterocycles. The number of aromatic nitrogens is 2. The molecule has 2 rings (SSSR count). The molecule has 19 heavy (non-hydrogen) atoms. The third-order valence-electron chi connectivity index (χ3n) is 2.85. The van der Waals surface area contributed by atoms with Crippen LogP contribution in [0.2, 0.25) is 0 Å². The lowest BCUT2D eigenvalue weighted by molar-refractivity contribution is 0.570. The second-order valence-electron chi connectivity index (χ2n) is 4.51. The Balaban J connectivity index is 2.29. The summed E-state index contributed by atoms with van der Waals surface area (Å²) in [5.74, 6) is 0. The van der Waals surface area contributed by atoms with Gasteiger partial charge in [-0.2, -0.15) is 5.26 Å². The topological polar surface area (TPSA) is 53.6 Å². The largest absolute Gasteiger partial charge is 0.364 e. The SMILES string of the molecule is CC(C)n1cncc1C(C#N)Nc1ccccc1Br. The molecule has 98 valence electrons. The average molecular weight is 319 g/mol. The molecular formula is C14H15BrN4. The summed E-state index contributed by atoms with van der Waals surface area (Å²) in [5.41, 5.74) is 1.76. The Hall–Kier alpha value is -1.80. The quantitative estimate of drug-likeness (QED) is 0.930. The van der Waals surface area contributed by atoms with E-state index in [0.717, 1.165) is 15.9 Å². The third kappa shape index (κ3) is 2.96. The molecule has 0 radical (unpaired) electrons. The molecule has 5 heteroatoms. The molecule has 0 spiro atoms. The summed E-state index contributed by atoms with van der Waals surface area (Å²) in [5, 5.41) is 12.6. The van der Waals surface area contributed by atoms with Gasteiger partial charge in [-0.1, -0.05) is 12.1 Å². The molecule has 1 N–H and O–H groups in total. The monoisotopic (exact) mass is 318 g/mol. The number of halogens is 1. The van der Waals surface area contributed by atoms with Crippen molar-refractivity contribution >= 4 is 21.6 Å². The van der Waals surface area contributed by atoms with Crippen molar-refractivity contribution in [1.29, 1.82) is 5.26 Å². The molecule has 0 aliphatic carbocycles. The fraction of sp³-hybridized carbons (Fsp3) is 0.286. The lowest BCUT2D eigenvalue weighted by Crippen LogP contribution is -2.15. The molecule has 1 heterocycles. The molecule has 0 bridgehead atoms. The van der Waals surface area contributed by atoms with Crippen molar-refractivity contribution in [2.24, 2.45) is 0 Å². The van der Waals surface area contributed by atoms with E-state index in [1.54, 1.807) is 12.5 Å². The summed E-state index contributed by atoms with van der Waals surface area (Å²) in [6.07, 6.45) is 3.49. The van der Waals surface area contributed by atoms with Gasteiger partial charge >= 0.3 is 0 Å². The number of hydrogen-bond donors (Lipinski definition) is 1. The summed E-state index contributed by atoms with van der Waals surface area (Å²) in [6.45, 7) is 4.14. The van der Waals surface area contributed by atoms with Gasteiger partial charge in [-0.25, -0.2) is 4.98 Å². The van der Waals surface area contributed by atoms with Crippen molar-refractivity contribution < 1.29 is 0 Å². The molecule has 2 aromatic rings. The highest BCUT2D eigenvalue weighted by Gasteiger charge is 2.17. The maximum atomic E-state index is 9.39. The van der Waals surface area contributed by atoms with E-state index in [1.165, 1.54) is 0 Å². The van der Waals surface area contributed by atoms with Crippen LogP contribution in [-0.4, -0.2) is 9.55 Å². The van der Waals surface area contributed by atoms with Crippen LogP contribution < -0.4 is 5.32 Å². The van der Waals surface area contributed by atoms with Crippen LogP contribution in [0.25, 0.3) is 0 Å². The zero-order valence-corrected chi connectivity index (χ0v) is 12.4. The lowest BCUT2D eigenvalue weighted by atomic mass is 10.2. The number of nitrogens with zero attached hydrogens (tertiary/aromatic N) is 3. The number of rotatable bonds is 4. The fourth-order valence-corrected chi connectivity index (χ4v) is 2.28. The Morgan fingerprint density at radius 2 is 2.11 bits per heavy atom. The van der Waals surface area contributed by atoms with Gasteiger partial charge in [-0.3, -0.25) is 0 Å². The van der Waals surface area contributed by atoms with E-state index in [2.05, 4.69) is 46.1 Å². The van der Waals surface area contributed by atoms with Crippen molar-refractivity contribution in [2.75, 3.05) is 5.32 Å². The minimum atomic E-state index is -0.427. The van der Waals surface area contributed by atoms with E-state index in [1.807, 2.05) is 28.8 Å². The van der Waals surface area contributed by atoms with Crippen LogP contribution in [0.4, 0.5) is 5.69 Å². The maximum absolute atomic E-state index is 9.39. The van der Waals surface area contributed by atoms with E-state index in [4.69, 9.17) is 0 Å². The van der Waals surface area contributed by atoms with Gasteiger partial charge in [0.25, 0.3) is 0 Å². The van der Waals surface area contributed by atoms with Crippen molar-refractivity contribution in [3.8, 4) is 6.07 Å². The van der Waals surface area contributed by atoms with Gasteiger partial charge in [0.2, 0.25) is 0 Å². The maximum Gasteiger partial charge on any atom is 0.156 e. The Kier molecular flexibility index (Phi) is 4.23. The van der Waals surface area contributed by atoms with Crippen molar-refractivity contribution in [2.45, 2.75) is 25.9 Å². The molecule has 0 aliphatic rings. The summed E-state index contributed by atoms with van der Waals surface area (Å²) in [7, 11) is 0. The first-order chi connectivity index (χ1) is 9.13. The Morgan fingerprint density at radius 1 is 1.37 bits per heavy atom. The number of nitriles is 1. The van der Waals surface area contributed by atoms with Gasteiger partial charge < -0.3 is 9.88 Å². The number of nitrogens with one attached hydrogen (secondary N) is 1. The number of imidazole rings is 1. The molecule has 0 amide bonds. The highest BCUT2D eigenvalue weighted by atomic mass is 79.9. The van der Waals surface area contributed by atoms with Crippen LogP contribution in [0.3, 0.4) is 0 Å². The fourth-order valence-electron chi connectivity index (χ4n) is 1.88. The van der Waals surface area contributed by atoms with Crippen LogP contribution >= 0.6 is 15.9 Å². The summed E-state index contributed by atoms with van der Waals surface area (Å²) < 4.78 is 2.93. The molecule has 1 unspecified atom stereocenters. The second kappa shape index (κ2) is 5.89. The standard InChI is InChI=1S/C14H15BrN4/c1-10(2)19-9-17-8-14(19)13(7-16)18-12-6-4-3-5-11(12)15/h3-6,8-10,13,18H,1-2H3. The summed E-state index contributed by atoms with van der Waals surface area (Å²) in [6, 6.07) is 9.88. The number of anilines is 1. The minimum absolute atomic E-state index is 0.273. The van der Waals surface area contributed by atoms with Gasteiger partial charge in [0.1, 0.15) is 0 Å². The summed E-state index contributed by atoms with van der Waals surface area (Å²) in [4.78, 5) is 4.14. The molecule has 0 saturated heterocycles. The Bertz CT molecular complexity index is 597. The number of hydrogen-bond acceptors (Lipinski definition) is 3. The molecule has 1 aromatic heterocycles. The van der Waals surface area contributed by atoms with Gasteiger partial charge in [0.05, 0.1) is 24.3 Å². The van der Waals surface area contributed by atoms with Crippen molar-refractivity contribution in [3.63, 3.8) is 0 Å². The van der Waals surface area contributed by atoms with E-state index in [-0.39, 0.29) is 6.04 Å². The normalized spacial score (nSPS) is 12.2. The molecule has 0 fully saturated rings. The van der Waals surface area contributed by atoms with Crippen molar-refractivity contribution in [1.82, 2.24) is 9.55 Å². The van der Waals surface area contributed by atoms with E-state index < -0.39 is 6.04 Å². The predicted molar refractivity (Wildman–Crippen MR) is 78.7 cm³/mol. The zero-order chi connectivity index (χ0) is 13.8. The predicted octanol–water partition coefficient (Wildman–Crippen LogP) is 3.90. The van der Waals surface area contributed by atoms with Crippen LogP contribution in [0.15, 0.2) is 41.3 Å². The number of para-hydroxylation sites is 1. The summed E-state index contributed by atoms with van der Waals surface area (Å²) >= 11 is 3.47. The van der Waals surface area contributed by atoms with E-state index >= 15 is 0 Å². The first-order valence-corrected chi connectivity index (χ1v) is 6.85. The first kappa shape index (κ1) is 13.6. The molecule has 1 aromatic carbocycles. The highest BCUT2D eigenvalue weighted by Crippen LogP contribution is 2.26. The Morgan fingerprint density at radius 3 is 2.74 bits per heavy atom. The van der Waals surface area contributed by atoms with Crippen LogP contribution in [0.1, 0.15) is 31.6 Å². The van der Waals surface area contributed by atoms with Gasteiger partial charge in [0, 0.05) is 16.2 Å². The molecule has 1 atom stereocenters. The average Bonchev–Trinajstić information content (AvgIpc) is 2.87. The lowest BCUT2D eigenvalue weighted by Gasteiger charge is -2.18. The Labute approximate surface area is 121 Å². The third-order valence-corrected chi connectivity index (χ3v) is 3.54. The second-order valence-corrected chi connectivity index (χ2v) is 5.36. The zero-order valence-electron chi connectivity index (χ0n) is 10.8. The van der Waals surface area contributed by atoms with E-state index in [0.29, 0.717) is 0 Å². The highest BCUT2D eigenvalue weighted by molar-refractivity contribution is 9.10. The molecular weight excluding hydrogens is 304 g/mol. The molecule has 0 saturated carbocycles. The van der Waals surface area contributed by atoms with Crippen LogP contribution in [-0.2, 0) is 0 Å². The first-order valence-electron chi connectivity index (χ1n) is 6.06. The smallest absolute Gasteiger partial charge is 0.156 e. The minimum Gasteiger partial charge on any atom is -0.364 e. The van der Waals surface area contributed by atoms with Crippen LogP contribution in [0.5, 0.6) is 0 Å². The molecule has 4 nitrogen and oxygen atoms in total. The van der Waals surface area contributed by atoms with Crippen LogP contribution in [0, 0.1) is 11.3 Å².